The number of carbonyl (C=O) groups is 2. The molecule has 2 aromatic rings. The molecule has 9 heteroatoms. The number of aromatic carboxylic acids is 1. The molecule has 0 unspecified atom stereocenters. The Hall–Kier alpha value is -3.36. The molecule has 2 heterocycles. The van der Waals surface area contributed by atoms with E-state index in [4.69, 9.17) is 5.11 Å². The number of anilines is 4. The van der Waals surface area contributed by atoms with Gasteiger partial charge in [0.2, 0.25) is 11.9 Å². The minimum atomic E-state index is -0.967. The predicted molar refractivity (Wildman–Crippen MR) is 112 cm³/mol. The van der Waals surface area contributed by atoms with Crippen molar-refractivity contribution in [2.75, 3.05) is 49.3 Å². The van der Waals surface area contributed by atoms with Crippen LogP contribution in [0.2, 0.25) is 0 Å². The molecule has 154 valence electrons. The highest BCUT2D eigenvalue weighted by molar-refractivity contribution is 5.88. The zero-order valence-corrected chi connectivity index (χ0v) is 16.7. The second kappa shape index (κ2) is 9.22. The molecule has 3 rings (SSSR count). The molecule has 29 heavy (non-hydrogen) atoms. The van der Waals surface area contributed by atoms with Gasteiger partial charge in [0.05, 0.1) is 17.4 Å². The largest absolute Gasteiger partial charge is 0.478 e. The van der Waals surface area contributed by atoms with E-state index >= 15 is 0 Å². The summed E-state index contributed by atoms with van der Waals surface area (Å²) in [5, 5.41) is 15.4. The number of nitrogens with zero attached hydrogens (tertiary/aromatic N) is 4. The summed E-state index contributed by atoms with van der Waals surface area (Å²) in [6, 6.07) is 6.40. The van der Waals surface area contributed by atoms with Crippen molar-refractivity contribution in [3.8, 4) is 0 Å². The topological polar surface area (TPSA) is 111 Å². The molecule has 1 aromatic carbocycles. The van der Waals surface area contributed by atoms with Gasteiger partial charge in [-0.05, 0) is 37.1 Å². The second-order valence-electron chi connectivity index (χ2n) is 7.09. The average Bonchev–Trinajstić information content (AvgIpc) is 3.10. The number of carboxylic acids is 1. The summed E-state index contributed by atoms with van der Waals surface area (Å²) >= 11 is 0. The molecule has 0 saturated carbocycles. The lowest BCUT2D eigenvalue weighted by molar-refractivity contribution is -0.127. The Morgan fingerprint density at radius 3 is 2.66 bits per heavy atom. The summed E-state index contributed by atoms with van der Waals surface area (Å²) in [5.74, 6) is 0.380. The molecular formula is C20H26N6O3. The SMILES string of the molecule is CN(C)c1cnc(Nc2ccc(C(=O)O)cc2)nc1NCCCN1CCCC1=O. The Labute approximate surface area is 169 Å². The lowest BCUT2D eigenvalue weighted by atomic mass is 10.2. The van der Waals surface area contributed by atoms with Crippen molar-refractivity contribution in [3.63, 3.8) is 0 Å². The molecule has 1 saturated heterocycles. The van der Waals surface area contributed by atoms with Crippen molar-refractivity contribution in [3.05, 3.63) is 36.0 Å². The van der Waals surface area contributed by atoms with E-state index in [9.17, 15) is 9.59 Å². The van der Waals surface area contributed by atoms with Crippen molar-refractivity contribution < 1.29 is 14.7 Å². The third-order valence-electron chi connectivity index (χ3n) is 4.71. The van der Waals surface area contributed by atoms with Crippen LogP contribution in [0.1, 0.15) is 29.6 Å². The first-order valence-electron chi connectivity index (χ1n) is 9.60. The van der Waals surface area contributed by atoms with Crippen LogP contribution in [0.25, 0.3) is 0 Å². The molecule has 0 atom stereocenters. The van der Waals surface area contributed by atoms with Gasteiger partial charge in [-0.25, -0.2) is 9.78 Å². The van der Waals surface area contributed by atoms with Gasteiger partial charge in [-0.3, -0.25) is 4.79 Å². The number of hydrogen-bond acceptors (Lipinski definition) is 7. The summed E-state index contributed by atoms with van der Waals surface area (Å²) in [5.41, 5.74) is 1.78. The molecule has 1 amide bonds. The first-order chi connectivity index (χ1) is 13.9. The fourth-order valence-corrected chi connectivity index (χ4v) is 3.14. The minimum absolute atomic E-state index is 0.221. The Bertz CT molecular complexity index is 869. The van der Waals surface area contributed by atoms with Gasteiger partial charge in [-0.1, -0.05) is 0 Å². The van der Waals surface area contributed by atoms with Crippen LogP contribution in [-0.4, -0.2) is 65.6 Å². The van der Waals surface area contributed by atoms with Gasteiger partial charge in [-0.15, -0.1) is 0 Å². The Morgan fingerprint density at radius 1 is 1.28 bits per heavy atom. The van der Waals surface area contributed by atoms with E-state index in [2.05, 4.69) is 20.6 Å². The summed E-state index contributed by atoms with van der Waals surface area (Å²) < 4.78 is 0. The van der Waals surface area contributed by atoms with E-state index in [1.54, 1.807) is 18.3 Å². The Kier molecular flexibility index (Phi) is 6.48. The van der Waals surface area contributed by atoms with Crippen molar-refractivity contribution in [1.29, 1.82) is 0 Å². The van der Waals surface area contributed by atoms with Gasteiger partial charge in [0.25, 0.3) is 0 Å². The van der Waals surface area contributed by atoms with Gasteiger partial charge in [0.1, 0.15) is 0 Å². The van der Waals surface area contributed by atoms with Crippen LogP contribution in [0.4, 0.5) is 23.1 Å². The molecule has 3 N–H and O–H groups in total. The number of benzene rings is 1. The van der Waals surface area contributed by atoms with Crippen LogP contribution in [0.5, 0.6) is 0 Å². The highest BCUT2D eigenvalue weighted by Crippen LogP contribution is 2.24. The van der Waals surface area contributed by atoms with Crippen LogP contribution < -0.4 is 15.5 Å². The van der Waals surface area contributed by atoms with E-state index in [1.165, 1.54) is 12.1 Å². The van der Waals surface area contributed by atoms with Gasteiger partial charge < -0.3 is 25.5 Å². The van der Waals surface area contributed by atoms with Crippen molar-refractivity contribution in [2.24, 2.45) is 0 Å². The van der Waals surface area contributed by atoms with Crippen molar-refractivity contribution in [1.82, 2.24) is 14.9 Å². The maximum atomic E-state index is 11.7. The van der Waals surface area contributed by atoms with Crippen molar-refractivity contribution >= 4 is 35.0 Å². The predicted octanol–water partition coefficient (Wildman–Crippen LogP) is 2.41. The maximum Gasteiger partial charge on any atom is 0.335 e. The molecule has 0 bridgehead atoms. The van der Waals surface area contributed by atoms with E-state index < -0.39 is 5.97 Å². The zero-order chi connectivity index (χ0) is 20.8. The standard InChI is InChI=1S/C20H26N6O3/c1-25(2)16-13-22-20(23-15-8-6-14(7-9-15)19(28)29)24-18(16)21-10-4-12-26-11-3-5-17(26)27/h6-9,13H,3-5,10-12H2,1-2H3,(H,28,29)(H2,21,22,23,24). The number of likely N-dealkylation sites (tertiary alicyclic amines) is 1. The first-order valence-corrected chi connectivity index (χ1v) is 9.60. The lowest BCUT2D eigenvalue weighted by Gasteiger charge is -2.19. The van der Waals surface area contributed by atoms with E-state index in [0.29, 0.717) is 30.4 Å². The number of rotatable bonds is 9. The number of amides is 1. The third-order valence-corrected chi connectivity index (χ3v) is 4.71. The van der Waals surface area contributed by atoms with Gasteiger partial charge >= 0.3 is 5.97 Å². The van der Waals surface area contributed by atoms with Crippen molar-refractivity contribution in [2.45, 2.75) is 19.3 Å². The van der Waals surface area contributed by atoms with E-state index in [0.717, 1.165) is 31.6 Å². The maximum absolute atomic E-state index is 11.7. The number of nitrogens with one attached hydrogen (secondary N) is 2. The molecular weight excluding hydrogens is 372 g/mol. The van der Waals surface area contributed by atoms with Gasteiger partial charge in [0.15, 0.2) is 5.82 Å². The number of hydrogen-bond donors (Lipinski definition) is 3. The minimum Gasteiger partial charge on any atom is -0.478 e. The fraction of sp³-hybridized carbons (Fsp3) is 0.400. The van der Waals surface area contributed by atoms with Gasteiger partial charge in [-0.2, -0.15) is 4.98 Å². The van der Waals surface area contributed by atoms with Crippen LogP contribution in [0.3, 0.4) is 0 Å². The first kappa shape index (κ1) is 20.4. The molecule has 0 radical (unpaired) electrons. The zero-order valence-electron chi connectivity index (χ0n) is 16.7. The quantitative estimate of drug-likeness (QED) is 0.552. The Morgan fingerprint density at radius 2 is 2.03 bits per heavy atom. The summed E-state index contributed by atoms with van der Waals surface area (Å²) in [7, 11) is 3.84. The van der Waals surface area contributed by atoms with Crippen LogP contribution >= 0.6 is 0 Å². The lowest BCUT2D eigenvalue weighted by Crippen LogP contribution is -2.27. The van der Waals surface area contributed by atoms with E-state index in [1.807, 2.05) is 23.9 Å². The molecule has 1 aliphatic heterocycles. The smallest absolute Gasteiger partial charge is 0.335 e. The van der Waals surface area contributed by atoms with Crippen LogP contribution in [0, 0.1) is 0 Å². The number of carbonyl (C=O) groups excluding carboxylic acids is 1. The molecule has 1 fully saturated rings. The van der Waals surface area contributed by atoms with E-state index in [-0.39, 0.29) is 11.5 Å². The van der Waals surface area contributed by atoms with Crippen LogP contribution in [-0.2, 0) is 4.79 Å². The second-order valence-corrected chi connectivity index (χ2v) is 7.09. The van der Waals surface area contributed by atoms with Gasteiger partial charge in [0, 0.05) is 45.8 Å². The molecule has 0 spiro atoms. The molecule has 1 aliphatic rings. The monoisotopic (exact) mass is 398 g/mol. The normalized spacial score (nSPS) is 13.4. The highest BCUT2D eigenvalue weighted by atomic mass is 16.4. The molecule has 0 aliphatic carbocycles. The number of aromatic nitrogens is 2. The highest BCUT2D eigenvalue weighted by Gasteiger charge is 2.19. The summed E-state index contributed by atoms with van der Waals surface area (Å²) in [6.45, 7) is 2.29. The summed E-state index contributed by atoms with van der Waals surface area (Å²) in [6.07, 6.45) is 4.17. The summed E-state index contributed by atoms with van der Waals surface area (Å²) in [4.78, 5) is 35.4. The fourth-order valence-electron chi connectivity index (χ4n) is 3.14. The Balaban J connectivity index is 1.63. The molecule has 9 nitrogen and oxygen atoms in total. The van der Waals surface area contributed by atoms with Crippen LogP contribution in [0.15, 0.2) is 30.5 Å². The number of carboxylic acid groups (broad SMARTS) is 1. The third kappa shape index (κ3) is 5.34. The average molecular weight is 398 g/mol. The molecule has 1 aromatic heterocycles.